The van der Waals surface area contributed by atoms with E-state index in [1.165, 1.54) is 14.2 Å². The van der Waals surface area contributed by atoms with E-state index in [1.54, 1.807) is 0 Å². The van der Waals surface area contributed by atoms with Crippen LogP contribution in [0.3, 0.4) is 0 Å². The number of rotatable bonds is 11. The zero-order valence-electron chi connectivity index (χ0n) is 19.9. The van der Waals surface area contributed by atoms with Crippen molar-refractivity contribution in [1.29, 1.82) is 0 Å². The second-order valence-corrected chi connectivity index (χ2v) is 10.7. The average Bonchev–Trinajstić information content (AvgIpc) is 2.74. The van der Waals surface area contributed by atoms with Crippen LogP contribution in [0.4, 0.5) is 4.79 Å². The van der Waals surface area contributed by atoms with Gasteiger partial charge in [0.2, 0.25) is 0 Å². The third-order valence-corrected chi connectivity index (χ3v) is 6.45. The molecule has 0 aliphatic carbocycles. The number of carbonyl (C=O) groups is 3. The molecule has 1 saturated heterocycles. The van der Waals surface area contributed by atoms with Crippen molar-refractivity contribution in [3.8, 4) is 0 Å². The molecular weight excluding hydrogens is 451 g/mol. The Morgan fingerprint density at radius 2 is 1.79 bits per heavy atom. The highest BCUT2D eigenvalue weighted by Gasteiger charge is 2.33. The molecule has 1 aromatic rings. The average molecular weight is 487 g/mol. The fourth-order valence-corrected chi connectivity index (χ4v) is 3.68. The van der Waals surface area contributed by atoms with Crippen molar-refractivity contribution in [2.45, 2.75) is 45.4 Å². The minimum absolute atomic E-state index is 0.104. The second-order valence-electron chi connectivity index (χ2n) is 8.45. The van der Waals surface area contributed by atoms with E-state index < -0.39 is 31.7 Å². The molecule has 1 atom stereocenters. The number of ether oxygens (including phenoxy) is 2. The van der Waals surface area contributed by atoms with Crippen LogP contribution in [-0.2, 0) is 39.3 Å². The van der Waals surface area contributed by atoms with E-state index in [9.17, 15) is 18.9 Å². The van der Waals surface area contributed by atoms with Crippen LogP contribution in [0.2, 0.25) is 0 Å². The van der Waals surface area contributed by atoms with E-state index in [-0.39, 0.29) is 18.1 Å². The number of ketones is 1. The van der Waals surface area contributed by atoms with Gasteiger partial charge in [-0.2, -0.15) is 0 Å². The molecule has 0 bridgehead atoms. The van der Waals surface area contributed by atoms with Gasteiger partial charge in [0.25, 0.3) is 6.47 Å². The highest BCUT2D eigenvalue weighted by Crippen LogP contribution is 2.46. The Labute approximate surface area is 195 Å². The Bertz CT molecular complexity index is 785. The number of alkyl carbamates (subject to hydrolysis) is 1. The van der Waals surface area contributed by atoms with Gasteiger partial charge in [-0.05, 0) is 51.8 Å². The lowest BCUT2D eigenvalue weighted by atomic mass is 9.93. The van der Waals surface area contributed by atoms with Crippen LogP contribution >= 0.6 is 7.60 Å². The third-order valence-electron chi connectivity index (χ3n) is 4.64. The van der Waals surface area contributed by atoms with Crippen molar-refractivity contribution < 1.29 is 37.5 Å². The SMILES string of the molecule is CC(C)(C)OC=O.COP(=O)(CC(=O)C(CC1CNC1)NC(=O)OCc1ccccc1)OC. The summed E-state index contributed by atoms with van der Waals surface area (Å²) in [6.07, 6.45) is -0.645. The lowest BCUT2D eigenvalue weighted by Crippen LogP contribution is -2.50. The molecule has 0 radical (unpaired) electrons. The maximum Gasteiger partial charge on any atom is 0.408 e. The molecule has 10 nitrogen and oxygen atoms in total. The maximum atomic E-state index is 12.5. The van der Waals surface area contributed by atoms with E-state index in [0.29, 0.717) is 12.9 Å². The van der Waals surface area contributed by atoms with E-state index in [1.807, 2.05) is 51.1 Å². The molecule has 0 spiro atoms. The van der Waals surface area contributed by atoms with Gasteiger partial charge in [0, 0.05) is 14.2 Å². The smallest absolute Gasteiger partial charge is 0.408 e. The van der Waals surface area contributed by atoms with Crippen LogP contribution in [0.25, 0.3) is 0 Å². The van der Waals surface area contributed by atoms with Crippen LogP contribution in [0.5, 0.6) is 0 Å². The third kappa shape index (κ3) is 12.0. The van der Waals surface area contributed by atoms with Crippen LogP contribution in [0.1, 0.15) is 32.8 Å². The minimum atomic E-state index is -3.49. The fraction of sp³-hybridized carbons (Fsp3) is 0.591. The summed E-state index contributed by atoms with van der Waals surface area (Å²) in [7, 11) is -1.04. The lowest BCUT2D eigenvalue weighted by molar-refractivity contribution is -0.138. The molecule has 1 aliphatic heterocycles. The molecule has 0 aromatic heterocycles. The highest BCUT2D eigenvalue weighted by molar-refractivity contribution is 7.54. The molecule has 1 aromatic carbocycles. The number of carbonyl (C=O) groups excluding carboxylic acids is 3. The van der Waals surface area contributed by atoms with Crippen molar-refractivity contribution in [1.82, 2.24) is 10.6 Å². The minimum Gasteiger partial charge on any atom is -0.462 e. The summed E-state index contributed by atoms with van der Waals surface area (Å²) in [6, 6.07) is 8.43. The number of amides is 1. The molecule has 0 saturated carbocycles. The number of hydrogen-bond acceptors (Lipinski definition) is 9. The standard InChI is InChI=1S/C17H25N2O6P.C5H10O2/c1-23-26(22,24-2)12-16(20)15(8-14-9-18-10-14)19-17(21)25-11-13-6-4-3-5-7-13;1-5(2,3)7-4-6/h3-7,14-15,18H,8-12H2,1-2H3,(H,19,21);4H,1-3H3. The first-order valence-corrected chi connectivity index (χ1v) is 12.3. The Morgan fingerprint density at radius 1 is 1.18 bits per heavy atom. The number of hydrogen-bond donors (Lipinski definition) is 2. The van der Waals surface area contributed by atoms with Crippen molar-refractivity contribution in [2.24, 2.45) is 5.92 Å². The second kappa shape index (κ2) is 14.1. The van der Waals surface area contributed by atoms with Crippen molar-refractivity contribution >= 4 is 25.9 Å². The molecule has 1 aliphatic rings. The number of nitrogens with one attached hydrogen (secondary N) is 2. The van der Waals surface area contributed by atoms with Gasteiger partial charge in [-0.1, -0.05) is 30.3 Å². The summed E-state index contributed by atoms with van der Waals surface area (Å²) < 4.78 is 31.6. The van der Waals surface area contributed by atoms with Gasteiger partial charge < -0.3 is 29.2 Å². The van der Waals surface area contributed by atoms with Gasteiger partial charge in [0.05, 0.1) is 6.04 Å². The molecule has 2 N–H and O–H groups in total. The lowest BCUT2D eigenvalue weighted by Gasteiger charge is -2.30. The van der Waals surface area contributed by atoms with Crippen LogP contribution in [-0.4, -0.2) is 63.5 Å². The van der Waals surface area contributed by atoms with Crippen molar-refractivity contribution in [3.05, 3.63) is 35.9 Å². The Balaban J connectivity index is 0.000000675. The molecule has 2 rings (SSSR count). The van der Waals surface area contributed by atoms with Crippen LogP contribution < -0.4 is 10.6 Å². The van der Waals surface area contributed by atoms with Crippen molar-refractivity contribution in [3.63, 3.8) is 0 Å². The summed E-state index contributed by atoms with van der Waals surface area (Å²) in [5.41, 5.74) is 0.527. The van der Waals surface area contributed by atoms with Gasteiger partial charge in [-0.25, -0.2) is 4.79 Å². The first-order chi connectivity index (χ1) is 15.5. The molecule has 11 heteroatoms. The maximum absolute atomic E-state index is 12.5. The van der Waals surface area contributed by atoms with Gasteiger partial charge >= 0.3 is 13.7 Å². The van der Waals surface area contributed by atoms with Gasteiger partial charge in [-0.3, -0.25) is 14.2 Å². The summed E-state index contributed by atoms with van der Waals surface area (Å²) in [4.78, 5) is 34.2. The van der Waals surface area contributed by atoms with Gasteiger partial charge in [-0.15, -0.1) is 0 Å². The zero-order valence-corrected chi connectivity index (χ0v) is 20.8. The fourth-order valence-electron chi connectivity index (χ4n) is 2.68. The molecule has 33 heavy (non-hydrogen) atoms. The summed E-state index contributed by atoms with van der Waals surface area (Å²) >= 11 is 0. The normalized spacial score (nSPS) is 14.7. The zero-order chi connectivity index (χ0) is 24.9. The summed E-state index contributed by atoms with van der Waals surface area (Å²) in [5, 5.41) is 5.70. The van der Waals surface area contributed by atoms with E-state index in [2.05, 4.69) is 15.4 Å². The molecule has 1 heterocycles. The quantitative estimate of drug-likeness (QED) is 0.358. The van der Waals surface area contributed by atoms with Crippen LogP contribution in [0.15, 0.2) is 30.3 Å². The monoisotopic (exact) mass is 486 g/mol. The molecule has 1 fully saturated rings. The topological polar surface area (TPSA) is 129 Å². The van der Waals surface area contributed by atoms with Crippen LogP contribution in [0, 0.1) is 5.92 Å². The van der Waals surface area contributed by atoms with Crippen molar-refractivity contribution in [2.75, 3.05) is 33.5 Å². The van der Waals surface area contributed by atoms with E-state index in [0.717, 1.165) is 18.7 Å². The Kier molecular flexibility index (Phi) is 12.3. The first kappa shape index (κ1) is 28.8. The Hall–Kier alpha value is -2.26. The summed E-state index contributed by atoms with van der Waals surface area (Å²) in [6.45, 7) is 7.57. The number of benzene rings is 1. The summed E-state index contributed by atoms with van der Waals surface area (Å²) in [5.74, 6) is -0.136. The van der Waals surface area contributed by atoms with E-state index in [4.69, 9.17) is 13.8 Å². The Morgan fingerprint density at radius 3 is 2.21 bits per heavy atom. The molecule has 1 amide bonds. The van der Waals surface area contributed by atoms with Gasteiger partial charge in [0.1, 0.15) is 18.4 Å². The van der Waals surface area contributed by atoms with E-state index >= 15 is 0 Å². The molecular formula is C22H35N2O8P. The number of Topliss-reactive ketones (excluding diaryl/α,β-unsaturated/α-hetero) is 1. The predicted molar refractivity (Wildman–Crippen MR) is 123 cm³/mol. The molecule has 186 valence electrons. The first-order valence-electron chi connectivity index (χ1n) is 10.5. The predicted octanol–water partition coefficient (Wildman–Crippen LogP) is 2.90. The molecule has 1 unspecified atom stereocenters. The largest absolute Gasteiger partial charge is 0.462 e. The highest BCUT2D eigenvalue weighted by atomic mass is 31.2. The van der Waals surface area contributed by atoms with Gasteiger partial charge in [0.15, 0.2) is 5.78 Å².